The number of nitrogen functional groups attached to an aromatic ring is 1. The molecule has 0 radical (unpaired) electrons. The molecule has 0 fully saturated rings. The van der Waals surface area contributed by atoms with Crippen molar-refractivity contribution in [2.75, 3.05) is 5.73 Å². The lowest BCUT2D eigenvalue weighted by atomic mass is 10.1. The van der Waals surface area contributed by atoms with Crippen molar-refractivity contribution in [3.05, 3.63) is 35.7 Å². The van der Waals surface area contributed by atoms with Gasteiger partial charge in [0.2, 0.25) is 0 Å². The van der Waals surface area contributed by atoms with Gasteiger partial charge in [-0.3, -0.25) is 0 Å². The molecule has 3 nitrogen and oxygen atoms in total. The summed E-state index contributed by atoms with van der Waals surface area (Å²) in [5.41, 5.74) is 6.43. The van der Waals surface area contributed by atoms with Crippen molar-refractivity contribution >= 4 is 5.82 Å². The fraction of sp³-hybridized carbons (Fsp3) is 0.357. The van der Waals surface area contributed by atoms with Crippen LogP contribution in [-0.4, -0.2) is 9.55 Å². The smallest absolute Gasteiger partial charge is 0.132 e. The highest BCUT2D eigenvalue weighted by Gasteiger charge is 2.19. The number of hydrogen-bond acceptors (Lipinski definition) is 2. The number of anilines is 1. The molecule has 2 rings (SSSR count). The third-order valence-electron chi connectivity index (χ3n) is 3.05. The molecule has 0 atom stereocenters. The van der Waals surface area contributed by atoms with Crippen molar-refractivity contribution in [1.29, 1.82) is 0 Å². The van der Waals surface area contributed by atoms with Crippen LogP contribution in [0.5, 0.6) is 0 Å². The molecule has 0 aliphatic rings. The van der Waals surface area contributed by atoms with Crippen LogP contribution in [0.25, 0.3) is 11.3 Å². The van der Waals surface area contributed by atoms with Gasteiger partial charge in [-0.15, -0.1) is 0 Å². The minimum atomic E-state index is -0.524. The molecular formula is C14H17F2N3. The molecule has 2 aromatic rings. The van der Waals surface area contributed by atoms with Gasteiger partial charge in [0.05, 0.1) is 0 Å². The summed E-state index contributed by atoms with van der Waals surface area (Å²) in [5, 5.41) is 0. The lowest BCUT2D eigenvalue weighted by molar-refractivity contribution is 0.602. The Morgan fingerprint density at radius 3 is 2.53 bits per heavy atom. The molecule has 0 saturated carbocycles. The predicted octanol–water partition coefficient (Wildman–Crippen LogP) is 3.55. The number of rotatable bonds is 3. The summed E-state index contributed by atoms with van der Waals surface area (Å²) in [6.07, 6.45) is 0. The third kappa shape index (κ3) is 2.32. The number of halogens is 2. The minimum absolute atomic E-state index is 0.103. The van der Waals surface area contributed by atoms with Gasteiger partial charge >= 0.3 is 0 Å². The van der Waals surface area contributed by atoms with Crippen molar-refractivity contribution in [3.63, 3.8) is 0 Å². The van der Waals surface area contributed by atoms with E-state index in [9.17, 15) is 8.78 Å². The second-order valence-electron chi connectivity index (χ2n) is 4.73. The largest absolute Gasteiger partial charge is 0.383 e. The first-order chi connectivity index (χ1) is 8.95. The van der Waals surface area contributed by atoms with Gasteiger partial charge < -0.3 is 10.3 Å². The van der Waals surface area contributed by atoms with Gasteiger partial charge in [-0.25, -0.2) is 13.8 Å². The topological polar surface area (TPSA) is 43.8 Å². The van der Waals surface area contributed by atoms with Gasteiger partial charge in [0, 0.05) is 18.0 Å². The fourth-order valence-electron chi connectivity index (χ4n) is 2.13. The Bertz CT molecular complexity index is 603. The molecule has 1 heterocycles. The van der Waals surface area contributed by atoms with Crippen LogP contribution in [0, 0.1) is 11.6 Å². The molecule has 0 bridgehead atoms. The zero-order valence-electron chi connectivity index (χ0n) is 11.2. The van der Waals surface area contributed by atoms with E-state index in [1.807, 2.05) is 25.3 Å². The van der Waals surface area contributed by atoms with Crippen LogP contribution in [0.15, 0.2) is 18.2 Å². The van der Waals surface area contributed by atoms with Crippen LogP contribution in [0.3, 0.4) is 0 Å². The number of aromatic nitrogens is 2. The van der Waals surface area contributed by atoms with Gasteiger partial charge in [0.1, 0.15) is 29.0 Å². The average molecular weight is 265 g/mol. The molecule has 1 aromatic heterocycles. The Balaban J connectivity index is 2.66. The quantitative estimate of drug-likeness (QED) is 0.922. The Kier molecular flexibility index (Phi) is 3.55. The van der Waals surface area contributed by atoms with Crippen molar-refractivity contribution in [2.45, 2.75) is 33.2 Å². The minimum Gasteiger partial charge on any atom is -0.383 e. The Labute approximate surface area is 111 Å². The first-order valence-corrected chi connectivity index (χ1v) is 6.27. The van der Waals surface area contributed by atoms with E-state index >= 15 is 0 Å². The molecular weight excluding hydrogens is 248 g/mol. The highest BCUT2D eigenvalue weighted by molar-refractivity contribution is 5.71. The standard InChI is InChI=1S/C14H17F2N3/c1-4-19-13(17)12(18-14(19)8(2)3)10-7-9(15)5-6-11(10)16/h5-8H,4,17H2,1-3H3. The van der Waals surface area contributed by atoms with Gasteiger partial charge in [-0.05, 0) is 25.1 Å². The second kappa shape index (κ2) is 4.99. The molecule has 5 heteroatoms. The highest BCUT2D eigenvalue weighted by atomic mass is 19.1. The maximum Gasteiger partial charge on any atom is 0.132 e. The Hall–Kier alpha value is -1.91. The first kappa shape index (κ1) is 13.5. The molecule has 2 N–H and O–H groups in total. The van der Waals surface area contributed by atoms with Gasteiger partial charge in [0.25, 0.3) is 0 Å². The second-order valence-corrected chi connectivity index (χ2v) is 4.73. The fourth-order valence-corrected chi connectivity index (χ4v) is 2.13. The molecule has 19 heavy (non-hydrogen) atoms. The molecule has 1 aromatic carbocycles. The summed E-state index contributed by atoms with van der Waals surface area (Å²) in [6.45, 7) is 6.55. The summed E-state index contributed by atoms with van der Waals surface area (Å²) < 4.78 is 28.9. The van der Waals surface area contributed by atoms with Crippen molar-refractivity contribution < 1.29 is 8.78 Å². The van der Waals surface area contributed by atoms with E-state index < -0.39 is 11.6 Å². The van der Waals surface area contributed by atoms with E-state index in [0.29, 0.717) is 18.1 Å². The predicted molar refractivity (Wildman–Crippen MR) is 71.8 cm³/mol. The summed E-state index contributed by atoms with van der Waals surface area (Å²) in [4.78, 5) is 4.38. The number of nitrogens with zero attached hydrogens (tertiary/aromatic N) is 2. The van der Waals surface area contributed by atoms with E-state index in [-0.39, 0.29) is 11.5 Å². The van der Waals surface area contributed by atoms with Crippen LogP contribution < -0.4 is 5.73 Å². The molecule has 102 valence electrons. The average Bonchev–Trinajstić information content (AvgIpc) is 2.69. The van der Waals surface area contributed by atoms with Crippen molar-refractivity contribution in [1.82, 2.24) is 9.55 Å². The highest BCUT2D eigenvalue weighted by Crippen LogP contribution is 2.31. The summed E-state index contributed by atoms with van der Waals surface area (Å²) >= 11 is 0. The van der Waals surface area contributed by atoms with Crippen molar-refractivity contribution in [3.8, 4) is 11.3 Å². The van der Waals surface area contributed by atoms with Gasteiger partial charge in [0.15, 0.2) is 0 Å². The van der Waals surface area contributed by atoms with E-state index in [1.165, 1.54) is 0 Å². The van der Waals surface area contributed by atoms with E-state index in [4.69, 9.17) is 5.73 Å². The molecule has 0 amide bonds. The Morgan fingerprint density at radius 1 is 1.32 bits per heavy atom. The summed E-state index contributed by atoms with van der Waals surface area (Å²) in [7, 11) is 0. The zero-order valence-corrected chi connectivity index (χ0v) is 11.2. The number of benzene rings is 1. The maximum absolute atomic E-state index is 13.8. The van der Waals surface area contributed by atoms with Crippen LogP contribution >= 0.6 is 0 Å². The van der Waals surface area contributed by atoms with Crippen LogP contribution in [0.4, 0.5) is 14.6 Å². The SMILES string of the molecule is CCn1c(C(C)C)nc(-c2cc(F)ccc2F)c1N. The van der Waals surface area contributed by atoms with E-state index in [2.05, 4.69) is 4.98 Å². The van der Waals surface area contributed by atoms with Crippen LogP contribution in [0.2, 0.25) is 0 Å². The normalized spacial score (nSPS) is 11.3. The first-order valence-electron chi connectivity index (χ1n) is 6.27. The Morgan fingerprint density at radius 2 is 2.00 bits per heavy atom. The molecule has 0 saturated heterocycles. The van der Waals surface area contributed by atoms with Crippen LogP contribution in [-0.2, 0) is 6.54 Å². The lowest BCUT2D eigenvalue weighted by Gasteiger charge is -2.08. The maximum atomic E-state index is 13.8. The van der Waals surface area contributed by atoms with Crippen LogP contribution in [0.1, 0.15) is 32.5 Å². The third-order valence-corrected chi connectivity index (χ3v) is 3.05. The molecule has 0 spiro atoms. The van der Waals surface area contributed by atoms with Gasteiger partial charge in [-0.1, -0.05) is 13.8 Å². The van der Waals surface area contributed by atoms with E-state index in [1.54, 1.807) is 0 Å². The van der Waals surface area contributed by atoms with Crippen molar-refractivity contribution in [2.24, 2.45) is 0 Å². The van der Waals surface area contributed by atoms with Gasteiger partial charge in [-0.2, -0.15) is 0 Å². The lowest BCUT2D eigenvalue weighted by Crippen LogP contribution is -2.06. The summed E-state index contributed by atoms with van der Waals surface area (Å²) in [5.74, 6) is 0.277. The molecule has 0 unspecified atom stereocenters. The number of hydrogen-bond donors (Lipinski definition) is 1. The summed E-state index contributed by atoms with van der Waals surface area (Å²) in [6, 6.07) is 3.29. The zero-order chi connectivity index (χ0) is 14.2. The number of imidazole rings is 1. The van der Waals surface area contributed by atoms with E-state index in [0.717, 1.165) is 24.0 Å². The number of nitrogens with two attached hydrogens (primary N) is 1. The monoisotopic (exact) mass is 265 g/mol. The molecule has 0 aliphatic carbocycles. The molecule has 0 aliphatic heterocycles.